The van der Waals surface area contributed by atoms with E-state index in [-0.39, 0.29) is 11.3 Å². The number of carboxylic acids is 1. The lowest BCUT2D eigenvalue weighted by Crippen LogP contribution is -2.05. The quantitative estimate of drug-likeness (QED) is 0.832. The summed E-state index contributed by atoms with van der Waals surface area (Å²) in [5.74, 6) is -0.309. The Balaban J connectivity index is 2.49. The molecule has 1 N–H and O–H groups in total. The third-order valence-corrected chi connectivity index (χ3v) is 2.04. The van der Waals surface area contributed by atoms with Gasteiger partial charge in [0, 0.05) is 24.7 Å². The molecule has 0 fully saturated rings. The van der Waals surface area contributed by atoms with E-state index in [2.05, 4.69) is 10.1 Å². The summed E-state index contributed by atoms with van der Waals surface area (Å²) in [6.07, 6.45) is 4.57. The smallest absolute Gasteiger partial charge is 0.341 e. The topological polar surface area (TPSA) is 77.2 Å². The number of carbonyl (C=O) groups is 1. The Bertz CT molecular complexity index is 508. The van der Waals surface area contributed by atoms with Crippen molar-refractivity contribution in [1.29, 1.82) is 0 Å². The largest absolute Gasteiger partial charge is 0.496 e. The van der Waals surface area contributed by atoms with Crippen molar-refractivity contribution >= 4 is 5.97 Å². The van der Waals surface area contributed by atoms with Gasteiger partial charge in [0.25, 0.3) is 0 Å². The molecule has 0 aliphatic heterocycles. The maximum atomic E-state index is 10.8. The number of nitrogens with zero attached hydrogens (tertiary/aromatic N) is 3. The molecule has 0 spiro atoms. The molecular formula is C10H9N3O3. The van der Waals surface area contributed by atoms with Gasteiger partial charge in [-0.2, -0.15) is 5.10 Å². The minimum Gasteiger partial charge on any atom is -0.496 e. The fraction of sp³-hybridized carbons (Fsp3) is 0.100. The summed E-state index contributed by atoms with van der Waals surface area (Å²) in [4.78, 5) is 14.8. The molecule has 0 bridgehead atoms. The molecule has 2 aromatic rings. The average Bonchev–Trinajstić information content (AvgIpc) is 2.81. The van der Waals surface area contributed by atoms with Crippen LogP contribution in [0.25, 0.3) is 5.82 Å². The predicted octanol–water partition coefficient (Wildman–Crippen LogP) is 0.974. The molecule has 0 amide bonds. The molecule has 16 heavy (non-hydrogen) atoms. The summed E-state index contributed by atoms with van der Waals surface area (Å²) in [5, 5.41) is 12.9. The summed E-state index contributed by atoms with van der Waals surface area (Å²) >= 11 is 0. The van der Waals surface area contributed by atoms with Crippen LogP contribution in [0.2, 0.25) is 0 Å². The van der Waals surface area contributed by atoms with E-state index in [1.54, 1.807) is 18.5 Å². The molecule has 2 rings (SSSR count). The minimum atomic E-state index is -1.07. The average molecular weight is 219 g/mol. The van der Waals surface area contributed by atoms with Crippen molar-refractivity contribution in [2.75, 3.05) is 7.11 Å². The highest BCUT2D eigenvalue weighted by molar-refractivity contribution is 5.90. The first-order chi connectivity index (χ1) is 7.72. The van der Waals surface area contributed by atoms with Crippen LogP contribution in [0, 0.1) is 0 Å². The summed E-state index contributed by atoms with van der Waals surface area (Å²) < 4.78 is 6.51. The van der Waals surface area contributed by atoms with E-state index < -0.39 is 5.97 Å². The summed E-state index contributed by atoms with van der Waals surface area (Å²) in [7, 11) is 1.41. The molecule has 0 saturated carbocycles. The Morgan fingerprint density at radius 2 is 2.38 bits per heavy atom. The fourth-order valence-electron chi connectivity index (χ4n) is 1.29. The Morgan fingerprint density at radius 1 is 1.56 bits per heavy atom. The Morgan fingerprint density at radius 3 is 2.94 bits per heavy atom. The molecule has 0 aliphatic rings. The lowest BCUT2D eigenvalue weighted by atomic mass is 10.2. The van der Waals surface area contributed by atoms with Crippen LogP contribution in [-0.2, 0) is 0 Å². The van der Waals surface area contributed by atoms with Crippen LogP contribution < -0.4 is 4.74 Å². The number of rotatable bonds is 3. The number of hydrogen-bond acceptors (Lipinski definition) is 4. The van der Waals surface area contributed by atoms with Gasteiger partial charge in [-0.25, -0.2) is 14.5 Å². The summed E-state index contributed by atoms with van der Waals surface area (Å²) in [5.41, 5.74) is 0.0263. The van der Waals surface area contributed by atoms with Gasteiger partial charge in [0.2, 0.25) is 0 Å². The highest BCUT2D eigenvalue weighted by Gasteiger charge is 2.12. The Hall–Kier alpha value is -2.37. The molecule has 6 nitrogen and oxygen atoms in total. The van der Waals surface area contributed by atoms with Crippen LogP contribution >= 0.6 is 0 Å². The predicted molar refractivity (Wildman–Crippen MR) is 54.9 cm³/mol. The molecule has 0 saturated heterocycles. The van der Waals surface area contributed by atoms with Gasteiger partial charge in [-0.15, -0.1) is 0 Å². The highest BCUT2D eigenvalue weighted by Crippen LogP contribution is 2.19. The Kier molecular flexibility index (Phi) is 2.55. The molecule has 0 aromatic carbocycles. The van der Waals surface area contributed by atoms with Crippen LogP contribution in [0.5, 0.6) is 5.75 Å². The van der Waals surface area contributed by atoms with E-state index in [4.69, 9.17) is 9.84 Å². The number of pyridine rings is 1. The van der Waals surface area contributed by atoms with E-state index in [9.17, 15) is 4.79 Å². The van der Waals surface area contributed by atoms with E-state index in [0.717, 1.165) is 0 Å². The number of ether oxygens (including phenoxy) is 1. The molecule has 0 aliphatic carbocycles. The van der Waals surface area contributed by atoms with Gasteiger partial charge in [0.05, 0.1) is 7.11 Å². The standard InChI is InChI=1S/C10H9N3O3/c1-16-8-5-9(13-4-2-3-12-13)11-6-7(8)10(14)15/h2-6H,1H3,(H,14,15). The lowest BCUT2D eigenvalue weighted by molar-refractivity contribution is 0.0693. The van der Waals surface area contributed by atoms with Crippen molar-refractivity contribution in [2.24, 2.45) is 0 Å². The normalized spacial score (nSPS) is 10.1. The lowest BCUT2D eigenvalue weighted by Gasteiger charge is -2.06. The maximum absolute atomic E-state index is 10.8. The van der Waals surface area contributed by atoms with Crippen molar-refractivity contribution < 1.29 is 14.6 Å². The van der Waals surface area contributed by atoms with Gasteiger partial charge >= 0.3 is 5.97 Å². The molecule has 0 atom stereocenters. The molecular weight excluding hydrogens is 210 g/mol. The van der Waals surface area contributed by atoms with Crippen molar-refractivity contribution in [2.45, 2.75) is 0 Å². The highest BCUT2D eigenvalue weighted by atomic mass is 16.5. The van der Waals surface area contributed by atoms with Gasteiger partial charge in [-0.3, -0.25) is 0 Å². The van der Waals surface area contributed by atoms with Gasteiger partial charge in [0.1, 0.15) is 11.3 Å². The van der Waals surface area contributed by atoms with Crippen molar-refractivity contribution in [1.82, 2.24) is 14.8 Å². The summed E-state index contributed by atoms with van der Waals surface area (Å²) in [6, 6.07) is 3.27. The molecule has 2 aromatic heterocycles. The zero-order valence-electron chi connectivity index (χ0n) is 8.49. The van der Waals surface area contributed by atoms with Crippen LogP contribution in [0.15, 0.2) is 30.7 Å². The Labute approximate surface area is 91.1 Å². The zero-order chi connectivity index (χ0) is 11.5. The second-order valence-corrected chi connectivity index (χ2v) is 3.00. The van der Waals surface area contributed by atoms with Crippen LogP contribution in [0.1, 0.15) is 10.4 Å². The molecule has 2 heterocycles. The number of hydrogen-bond donors (Lipinski definition) is 1. The van der Waals surface area contributed by atoms with E-state index >= 15 is 0 Å². The first-order valence-electron chi connectivity index (χ1n) is 4.49. The summed E-state index contributed by atoms with van der Waals surface area (Å²) in [6.45, 7) is 0. The first-order valence-corrected chi connectivity index (χ1v) is 4.49. The van der Waals surface area contributed by atoms with Crippen LogP contribution in [0.4, 0.5) is 0 Å². The van der Waals surface area contributed by atoms with Gasteiger partial charge < -0.3 is 9.84 Å². The van der Waals surface area contributed by atoms with E-state index in [1.165, 1.54) is 24.1 Å². The second-order valence-electron chi connectivity index (χ2n) is 3.00. The number of aromatic nitrogens is 3. The molecule has 0 radical (unpaired) electrons. The van der Waals surface area contributed by atoms with Crippen molar-refractivity contribution in [3.05, 3.63) is 36.3 Å². The third kappa shape index (κ3) is 1.72. The number of aromatic carboxylic acids is 1. The van der Waals surface area contributed by atoms with Crippen LogP contribution in [-0.4, -0.2) is 33.0 Å². The van der Waals surface area contributed by atoms with Gasteiger partial charge in [0.15, 0.2) is 5.82 Å². The fourth-order valence-corrected chi connectivity index (χ4v) is 1.29. The maximum Gasteiger partial charge on any atom is 0.341 e. The molecule has 0 unspecified atom stereocenters. The van der Waals surface area contributed by atoms with E-state index in [0.29, 0.717) is 5.82 Å². The minimum absolute atomic E-state index is 0.0263. The van der Waals surface area contributed by atoms with E-state index in [1.807, 2.05) is 0 Å². The number of methoxy groups -OCH3 is 1. The monoisotopic (exact) mass is 219 g/mol. The van der Waals surface area contributed by atoms with Crippen molar-refractivity contribution in [3.63, 3.8) is 0 Å². The van der Waals surface area contributed by atoms with Crippen LogP contribution in [0.3, 0.4) is 0 Å². The molecule has 82 valence electrons. The SMILES string of the molecule is COc1cc(-n2cccn2)ncc1C(=O)O. The first kappa shape index (κ1) is 10.2. The molecule has 6 heteroatoms. The second kappa shape index (κ2) is 4.01. The van der Waals surface area contributed by atoms with Crippen molar-refractivity contribution in [3.8, 4) is 11.6 Å². The third-order valence-electron chi connectivity index (χ3n) is 2.04. The zero-order valence-corrected chi connectivity index (χ0v) is 8.49. The number of carboxylic acid groups (broad SMARTS) is 1. The van der Waals surface area contributed by atoms with Gasteiger partial charge in [-0.05, 0) is 6.07 Å². The van der Waals surface area contributed by atoms with Gasteiger partial charge in [-0.1, -0.05) is 0 Å².